The van der Waals surface area contributed by atoms with Crippen molar-refractivity contribution in [1.82, 2.24) is 5.32 Å². The standard InChI is InChI=1S/C17H19ClN2/c1-19-12-14-11-15(18)8-9-17(14)20-10-4-6-13-5-2-3-7-16(13)20/h2-3,5,7-9,11,19H,4,6,10,12H2,1H3. The summed E-state index contributed by atoms with van der Waals surface area (Å²) in [5, 5.41) is 4.03. The number of fused-ring (bicyclic) bond motifs is 1. The molecule has 0 atom stereocenters. The summed E-state index contributed by atoms with van der Waals surface area (Å²) >= 11 is 6.15. The van der Waals surface area contributed by atoms with Gasteiger partial charge in [-0.05, 0) is 55.3 Å². The van der Waals surface area contributed by atoms with Crippen molar-refractivity contribution >= 4 is 23.0 Å². The SMILES string of the molecule is CNCc1cc(Cl)ccc1N1CCCc2ccccc21. The molecule has 0 saturated carbocycles. The molecule has 3 heteroatoms. The normalized spacial score (nSPS) is 14.2. The van der Waals surface area contributed by atoms with Gasteiger partial charge in [0.25, 0.3) is 0 Å². The quantitative estimate of drug-likeness (QED) is 0.912. The molecule has 0 radical (unpaired) electrons. The van der Waals surface area contributed by atoms with E-state index in [4.69, 9.17) is 11.6 Å². The van der Waals surface area contributed by atoms with E-state index in [0.29, 0.717) is 0 Å². The number of halogens is 1. The Balaban J connectivity index is 2.06. The average molecular weight is 287 g/mol. The molecule has 0 unspecified atom stereocenters. The number of hydrogen-bond acceptors (Lipinski definition) is 2. The van der Waals surface area contributed by atoms with Gasteiger partial charge >= 0.3 is 0 Å². The predicted molar refractivity (Wildman–Crippen MR) is 86.0 cm³/mol. The number of aryl methyl sites for hydroxylation is 1. The smallest absolute Gasteiger partial charge is 0.0457 e. The molecule has 1 N–H and O–H groups in total. The van der Waals surface area contributed by atoms with Crippen LogP contribution >= 0.6 is 11.6 Å². The third-order valence-electron chi connectivity index (χ3n) is 3.81. The summed E-state index contributed by atoms with van der Waals surface area (Å²) < 4.78 is 0. The van der Waals surface area contributed by atoms with Gasteiger partial charge in [0.15, 0.2) is 0 Å². The summed E-state index contributed by atoms with van der Waals surface area (Å²) in [6.07, 6.45) is 2.36. The van der Waals surface area contributed by atoms with Crippen LogP contribution in [-0.2, 0) is 13.0 Å². The third kappa shape index (κ3) is 2.54. The Bertz CT molecular complexity index is 610. The van der Waals surface area contributed by atoms with E-state index in [-0.39, 0.29) is 0 Å². The second kappa shape index (κ2) is 5.86. The van der Waals surface area contributed by atoms with Gasteiger partial charge in [-0.25, -0.2) is 0 Å². The Morgan fingerprint density at radius 3 is 2.85 bits per heavy atom. The molecule has 1 heterocycles. The minimum Gasteiger partial charge on any atom is -0.341 e. The summed E-state index contributed by atoms with van der Waals surface area (Å²) in [5.41, 5.74) is 5.27. The van der Waals surface area contributed by atoms with Crippen molar-refractivity contribution in [2.75, 3.05) is 18.5 Å². The lowest BCUT2D eigenvalue weighted by atomic mass is 10.00. The van der Waals surface area contributed by atoms with Gasteiger partial charge in [0.2, 0.25) is 0 Å². The lowest BCUT2D eigenvalue weighted by molar-refractivity contribution is 0.755. The van der Waals surface area contributed by atoms with E-state index in [0.717, 1.165) is 18.1 Å². The zero-order valence-electron chi connectivity index (χ0n) is 11.7. The molecular formula is C17H19ClN2. The molecule has 1 aliphatic heterocycles. The van der Waals surface area contributed by atoms with Crippen molar-refractivity contribution in [1.29, 1.82) is 0 Å². The van der Waals surface area contributed by atoms with Gasteiger partial charge in [0, 0.05) is 29.5 Å². The van der Waals surface area contributed by atoms with Crippen molar-refractivity contribution in [2.45, 2.75) is 19.4 Å². The predicted octanol–water partition coefficient (Wildman–Crippen LogP) is 4.14. The lowest BCUT2D eigenvalue weighted by Gasteiger charge is -2.33. The van der Waals surface area contributed by atoms with E-state index >= 15 is 0 Å². The monoisotopic (exact) mass is 286 g/mol. The number of nitrogens with zero attached hydrogens (tertiary/aromatic N) is 1. The van der Waals surface area contributed by atoms with Gasteiger partial charge in [0.05, 0.1) is 0 Å². The molecular weight excluding hydrogens is 268 g/mol. The molecule has 2 aromatic carbocycles. The van der Waals surface area contributed by atoms with Crippen LogP contribution in [0.5, 0.6) is 0 Å². The summed E-state index contributed by atoms with van der Waals surface area (Å²) in [4.78, 5) is 2.42. The summed E-state index contributed by atoms with van der Waals surface area (Å²) in [7, 11) is 1.97. The average Bonchev–Trinajstić information content (AvgIpc) is 2.47. The molecule has 0 fully saturated rings. The maximum Gasteiger partial charge on any atom is 0.0457 e. The number of rotatable bonds is 3. The first-order chi connectivity index (χ1) is 9.79. The molecule has 104 valence electrons. The fourth-order valence-electron chi connectivity index (χ4n) is 2.93. The van der Waals surface area contributed by atoms with E-state index in [2.05, 4.69) is 46.6 Å². The lowest BCUT2D eigenvalue weighted by Crippen LogP contribution is -2.26. The van der Waals surface area contributed by atoms with Crippen LogP contribution in [0.15, 0.2) is 42.5 Å². The topological polar surface area (TPSA) is 15.3 Å². The Labute approximate surface area is 125 Å². The summed E-state index contributed by atoms with van der Waals surface area (Å²) in [6, 6.07) is 14.9. The molecule has 0 aliphatic carbocycles. The Morgan fingerprint density at radius 1 is 1.15 bits per heavy atom. The van der Waals surface area contributed by atoms with Crippen LogP contribution < -0.4 is 10.2 Å². The molecule has 0 bridgehead atoms. The Kier molecular flexibility index (Phi) is 3.95. The highest BCUT2D eigenvalue weighted by Crippen LogP contribution is 2.36. The molecule has 2 aromatic rings. The number of nitrogens with one attached hydrogen (secondary N) is 1. The van der Waals surface area contributed by atoms with Crippen molar-refractivity contribution in [2.24, 2.45) is 0 Å². The highest BCUT2D eigenvalue weighted by molar-refractivity contribution is 6.30. The fraction of sp³-hybridized carbons (Fsp3) is 0.294. The van der Waals surface area contributed by atoms with Crippen LogP contribution in [0.1, 0.15) is 17.5 Å². The highest BCUT2D eigenvalue weighted by atomic mass is 35.5. The Hall–Kier alpha value is -1.51. The van der Waals surface area contributed by atoms with Crippen LogP contribution in [0.4, 0.5) is 11.4 Å². The molecule has 0 saturated heterocycles. The van der Waals surface area contributed by atoms with Gasteiger partial charge in [-0.2, -0.15) is 0 Å². The van der Waals surface area contributed by atoms with Crippen LogP contribution in [0.25, 0.3) is 0 Å². The van der Waals surface area contributed by atoms with Crippen molar-refractivity contribution < 1.29 is 0 Å². The van der Waals surface area contributed by atoms with E-state index in [1.807, 2.05) is 13.1 Å². The molecule has 0 aromatic heterocycles. The van der Waals surface area contributed by atoms with Gasteiger partial charge in [0.1, 0.15) is 0 Å². The molecule has 0 amide bonds. The summed E-state index contributed by atoms with van der Waals surface area (Å²) in [5.74, 6) is 0. The molecule has 0 spiro atoms. The second-order valence-corrected chi connectivity index (χ2v) is 5.62. The van der Waals surface area contributed by atoms with E-state index in [1.54, 1.807) is 0 Å². The second-order valence-electron chi connectivity index (χ2n) is 5.19. The van der Waals surface area contributed by atoms with Gasteiger partial charge < -0.3 is 10.2 Å². The fourth-order valence-corrected chi connectivity index (χ4v) is 3.13. The minimum absolute atomic E-state index is 0.796. The number of anilines is 2. The minimum atomic E-state index is 0.796. The van der Waals surface area contributed by atoms with Crippen molar-refractivity contribution in [3.8, 4) is 0 Å². The van der Waals surface area contributed by atoms with Crippen LogP contribution in [0, 0.1) is 0 Å². The van der Waals surface area contributed by atoms with Gasteiger partial charge in [-0.3, -0.25) is 0 Å². The van der Waals surface area contributed by atoms with E-state index < -0.39 is 0 Å². The first-order valence-electron chi connectivity index (χ1n) is 7.08. The maximum absolute atomic E-state index is 6.15. The molecule has 20 heavy (non-hydrogen) atoms. The van der Waals surface area contributed by atoms with Crippen LogP contribution in [0.3, 0.4) is 0 Å². The number of benzene rings is 2. The molecule has 2 nitrogen and oxygen atoms in total. The zero-order chi connectivity index (χ0) is 13.9. The number of para-hydroxylation sites is 1. The summed E-state index contributed by atoms with van der Waals surface area (Å²) in [6.45, 7) is 1.89. The first-order valence-corrected chi connectivity index (χ1v) is 7.46. The maximum atomic E-state index is 6.15. The van der Waals surface area contributed by atoms with Gasteiger partial charge in [-0.15, -0.1) is 0 Å². The van der Waals surface area contributed by atoms with E-state index in [9.17, 15) is 0 Å². The number of hydrogen-bond donors (Lipinski definition) is 1. The third-order valence-corrected chi connectivity index (χ3v) is 4.04. The Morgan fingerprint density at radius 2 is 2.00 bits per heavy atom. The first kappa shape index (κ1) is 13.5. The van der Waals surface area contributed by atoms with E-state index in [1.165, 1.54) is 35.3 Å². The van der Waals surface area contributed by atoms with Crippen LogP contribution in [-0.4, -0.2) is 13.6 Å². The largest absolute Gasteiger partial charge is 0.341 e. The molecule has 3 rings (SSSR count). The highest BCUT2D eigenvalue weighted by Gasteiger charge is 2.19. The zero-order valence-corrected chi connectivity index (χ0v) is 12.5. The van der Waals surface area contributed by atoms with Crippen LogP contribution in [0.2, 0.25) is 5.02 Å². The van der Waals surface area contributed by atoms with Crippen molar-refractivity contribution in [3.63, 3.8) is 0 Å². The van der Waals surface area contributed by atoms with Crippen molar-refractivity contribution in [3.05, 3.63) is 58.6 Å². The van der Waals surface area contributed by atoms with Gasteiger partial charge in [-0.1, -0.05) is 29.8 Å². The molecule has 1 aliphatic rings.